The van der Waals surface area contributed by atoms with Gasteiger partial charge in [-0.2, -0.15) is 0 Å². The summed E-state index contributed by atoms with van der Waals surface area (Å²) in [7, 11) is 0. The quantitative estimate of drug-likeness (QED) is 0.420. The highest BCUT2D eigenvalue weighted by Crippen LogP contribution is 2.24. The van der Waals surface area contributed by atoms with Crippen LogP contribution in [0.25, 0.3) is 0 Å². The zero-order valence-electron chi connectivity index (χ0n) is 13.3. The second-order valence-electron chi connectivity index (χ2n) is 6.69. The maximum absolute atomic E-state index is 2.45. The summed E-state index contributed by atoms with van der Waals surface area (Å²) < 4.78 is 0. The molecule has 0 nitrogen and oxygen atoms in total. The van der Waals surface area contributed by atoms with Gasteiger partial charge in [0, 0.05) is 0 Å². The van der Waals surface area contributed by atoms with Gasteiger partial charge in [0.05, 0.1) is 0 Å². The summed E-state index contributed by atoms with van der Waals surface area (Å²) in [4.78, 5) is 0. The highest BCUT2D eigenvalue weighted by molar-refractivity contribution is 4.63. The molecule has 0 aromatic heterocycles. The van der Waals surface area contributed by atoms with Crippen molar-refractivity contribution in [3.8, 4) is 0 Å². The zero-order chi connectivity index (χ0) is 13.3. The first-order valence-corrected chi connectivity index (χ1v) is 7.99. The van der Waals surface area contributed by atoms with Crippen LogP contribution in [-0.2, 0) is 0 Å². The molecular formula is C17H36. The van der Waals surface area contributed by atoms with Crippen molar-refractivity contribution in [3.63, 3.8) is 0 Å². The van der Waals surface area contributed by atoms with Gasteiger partial charge in [-0.15, -0.1) is 0 Å². The van der Waals surface area contributed by atoms with Crippen LogP contribution in [0.15, 0.2) is 0 Å². The lowest BCUT2D eigenvalue weighted by Crippen LogP contribution is -2.06. The Labute approximate surface area is 111 Å². The topological polar surface area (TPSA) is 0 Å². The van der Waals surface area contributed by atoms with Gasteiger partial charge in [-0.3, -0.25) is 0 Å². The second-order valence-corrected chi connectivity index (χ2v) is 6.69. The minimum atomic E-state index is 0.868. The van der Waals surface area contributed by atoms with Crippen LogP contribution in [0, 0.1) is 23.7 Å². The third kappa shape index (κ3) is 9.68. The summed E-state index contributed by atoms with van der Waals surface area (Å²) in [6.45, 7) is 14.2. The first kappa shape index (κ1) is 17.0. The van der Waals surface area contributed by atoms with E-state index >= 15 is 0 Å². The Hall–Kier alpha value is 0. The molecule has 0 heteroatoms. The van der Waals surface area contributed by atoms with Crippen molar-refractivity contribution in [1.82, 2.24) is 0 Å². The lowest BCUT2D eigenvalue weighted by Gasteiger charge is -2.19. The van der Waals surface area contributed by atoms with E-state index in [0.717, 1.165) is 23.7 Å². The molecule has 0 heterocycles. The molecule has 0 aromatic carbocycles. The first-order valence-electron chi connectivity index (χ1n) is 7.99. The summed E-state index contributed by atoms with van der Waals surface area (Å²) in [5.41, 5.74) is 0. The summed E-state index contributed by atoms with van der Waals surface area (Å²) in [5.74, 6) is 3.70. The molecule has 0 aliphatic carbocycles. The van der Waals surface area contributed by atoms with Gasteiger partial charge < -0.3 is 0 Å². The fraction of sp³-hybridized carbons (Fsp3) is 1.00. The second kappa shape index (κ2) is 9.97. The molecule has 2 atom stereocenters. The van der Waals surface area contributed by atoms with Crippen LogP contribution in [0.5, 0.6) is 0 Å². The first-order chi connectivity index (χ1) is 7.99. The van der Waals surface area contributed by atoms with E-state index in [1.165, 1.54) is 44.9 Å². The minimum absolute atomic E-state index is 0.868. The van der Waals surface area contributed by atoms with E-state index in [1.807, 2.05) is 0 Å². The van der Waals surface area contributed by atoms with Gasteiger partial charge in [0.2, 0.25) is 0 Å². The predicted molar refractivity (Wildman–Crippen MR) is 80.3 cm³/mol. The molecule has 0 aromatic rings. The molecule has 0 rings (SSSR count). The van der Waals surface area contributed by atoms with E-state index in [0.29, 0.717) is 0 Å². The maximum atomic E-state index is 2.45. The van der Waals surface area contributed by atoms with Gasteiger partial charge in [-0.25, -0.2) is 0 Å². The third-order valence-corrected chi connectivity index (χ3v) is 4.16. The van der Waals surface area contributed by atoms with Gasteiger partial charge in [-0.1, -0.05) is 73.6 Å². The number of hydrogen-bond acceptors (Lipinski definition) is 0. The molecule has 0 aliphatic rings. The Morgan fingerprint density at radius 1 is 0.706 bits per heavy atom. The predicted octanol–water partition coefficient (Wildman–Crippen LogP) is 6.30. The van der Waals surface area contributed by atoms with Crippen molar-refractivity contribution in [2.45, 2.75) is 86.5 Å². The van der Waals surface area contributed by atoms with Gasteiger partial charge in [-0.05, 0) is 36.5 Å². The molecule has 0 bridgehead atoms. The van der Waals surface area contributed by atoms with E-state index in [1.54, 1.807) is 0 Å². The number of hydrogen-bond donors (Lipinski definition) is 0. The van der Waals surface area contributed by atoms with Crippen molar-refractivity contribution in [1.29, 1.82) is 0 Å². The van der Waals surface area contributed by atoms with Crippen LogP contribution < -0.4 is 0 Å². The van der Waals surface area contributed by atoms with Gasteiger partial charge in [0.25, 0.3) is 0 Å². The molecule has 0 spiro atoms. The SMILES string of the molecule is CCC(CC)CC(C)CCCC(C)CC(C)C. The van der Waals surface area contributed by atoms with Crippen molar-refractivity contribution >= 4 is 0 Å². The largest absolute Gasteiger partial charge is 0.0651 e. The third-order valence-electron chi connectivity index (χ3n) is 4.16. The molecule has 0 amide bonds. The molecule has 104 valence electrons. The van der Waals surface area contributed by atoms with E-state index < -0.39 is 0 Å². The summed E-state index contributed by atoms with van der Waals surface area (Å²) in [6.07, 6.45) is 9.90. The molecule has 0 N–H and O–H groups in total. The average molecular weight is 240 g/mol. The summed E-state index contributed by atoms with van der Waals surface area (Å²) >= 11 is 0. The van der Waals surface area contributed by atoms with Crippen LogP contribution in [0.2, 0.25) is 0 Å². The van der Waals surface area contributed by atoms with Crippen LogP contribution in [0.4, 0.5) is 0 Å². The molecule has 0 saturated heterocycles. The van der Waals surface area contributed by atoms with E-state index in [2.05, 4.69) is 41.5 Å². The van der Waals surface area contributed by atoms with Crippen LogP contribution >= 0.6 is 0 Å². The van der Waals surface area contributed by atoms with E-state index in [-0.39, 0.29) is 0 Å². The molecule has 0 saturated carbocycles. The minimum Gasteiger partial charge on any atom is -0.0651 e. The van der Waals surface area contributed by atoms with Crippen LogP contribution in [0.3, 0.4) is 0 Å². The smallest absolute Gasteiger partial charge is 0.0417 e. The molecule has 2 unspecified atom stereocenters. The lowest BCUT2D eigenvalue weighted by molar-refractivity contribution is 0.331. The van der Waals surface area contributed by atoms with Gasteiger partial charge >= 0.3 is 0 Å². The maximum Gasteiger partial charge on any atom is -0.0417 e. The Balaban J connectivity index is 3.59. The molecule has 0 fully saturated rings. The Morgan fingerprint density at radius 3 is 1.59 bits per heavy atom. The van der Waals surface area contributed by atoms with Crippen LogP contribution in [0.1, 0.15) is 86.5 Å². The normalized spacial score (nSPS) is 15.5. The van der Waals surface area contributed by atoms with Gasteiger partial charge in [0.15, 0.2) is 0 Å². The highest BCUT2D eigenvalue weighted by Gasteiger charge is 2.11. The standard InChI is InChI=1S/C17H36/c1-7-17(8-2)13-16(6)11-9-10-15(5)12-14(3)4/h14-17H,7-13H2,1-6H3. The Kier molecular flexibility index (Phi) is 9.97. The van der Waals surface area contributed by atoms with Crippen molar-refractivity contribution in [2.24, 2.45) is 23.7 Å². The lowest BCUT2D eigenvalue weighted by atomic mass is 9.87. The molecule has 0 aliphatic heterocycles. The molecular weight excluding hydrogens is 204 g/mol. The van der Waals surface area contributed by atoms with Crippen molar-refractivity contribution < 1.29 is 0 Å². The van der Waals surface area contributed by atoms with Crippen molar-refractivity contribution in [3.05, 3.63) is 0 Å². The van der Waals surface area contributed by atoms with Gasteiger partial charge in [0.1, 0.15) is 0 Å². The summed E-state index contributed by atoms with van der Waals surface area (Å²) in [6, 6.07) is 0. The summed E-state index contributed by atoms with van der Waals surface area (Å²) in [5, 5.41) is 0. The average Bonchev–Trinajstić information content (AvgIpc) is 2.24. The van der Waals surface area contributed by atoms with Crippen LogP contribution in [-0.4, -0.2) is 0 Å². The monoisotopic (exact) mass is 240 g/mol. The van der Waals surface area contributed by atoms with E-state index in [4.69, 9.17) is 0 Å². The Bertz CT molecular complexity index is 155. The highest BCUT2D eigenvalue weighted by atomic mass is 14.2. The molecule has 0 radical (unpaired) electrons. The fourth-order valence-electron chi connectivity index (χ4n) is 3.05. The molecule has 17 heavy (non-hydrogen) atoms. The fourth-order valence-corrected chi connectivity index (χ4v) is 3.05. The van der Waals surface area contributed by atoms with E-state index in [9.17, 15) is 0 Å². The Morgan fingerprint density at radius 2 is 1.18 bits per heavy atom. The van der Waals surface area contributed by atoms with Crippen molar-refractivity contribution in [2.75, 3.05) is 0 Å². The number of rotatable bonds is 10. The zero-order valence-corrected chi connectivity index (χ0v) is 13.3.